The van der Waals surface area contributed by atoms with Crippen molar-refractivity contribution in [1.82, 2.24) is 0 Å². The maximum Gasteiger partial charge on any atom is 0.299 e. The lowest BCUT2D eigenvalue weighted by molar-refractivity contribution is -0.121. The molecule has 1 aromatic rings. The Labute approximate surface area is 86.6 Å². The predicted octanol–water partition coefficient (Wildman–Crippen LogP) is 0.975. The highest BCUT2D eigenvalue weighted by molar-refractivity contribution is 6.01. The molecule has 0 atom stereocenters. The number of ether oxygens (including phenoxy) is 1. The van der Waals surface area contributed by atoms with Crippen molar-refractivity contribution in [1.29, 1.82) is 0 Å². The summed E-state index contributed by atoms with van der Waals surface area (Å²) in [5.41, 5.74) is 2.27. The molecule has 1 aliphatic heterocycles. The predicted molar refractivity (Wildman–Crippen MR) is 54.1 cm³/mol. The smallest absolute Gasteiger partial charge is 0.299 e. The fraction of sp³-hybridized carbons (Fsp3) is 0.182. The monoisotopic (exact) mass is 203 g/mol. The van der Waals surface area contributed by atoms with Gasteiger partial charge in [0.2, 0.25) is 5.90 Å². The number of fused-ring (bicyclic) bond motifs is 1. The lowest BCUT2D eigenvalue weighted by Gasteiger charge is -2.15. The third kappa shape index (κ3) is 1.66. The van der Waals surface area contributed by atoms with Crippen LogP contribution in [0.5, 0.6) is 0 Å². The van der Waals surface area contributed by atoms with Crippen molar-refractivity contribution in [3.05, 3.63) is 34.9 Å². The number of carbonyl (C=O) groups is 2. The van der Waals surface area contributed by atoms with Gasteiger partial charge in [-0.05, 0) is 18.1 Å². The maximum atomic E-state index is 10.8. The molecule has 0 spiro atoms. The molecule has 0 aromatic heterocycles. The van der Waals surface area contributed by atoms with Crippen LogP contribution in [0.2, 0.25) is 0 Å². The first-order valence-corrected chi connectivity index (χ1v) is 4.59. The van der Waals surface area contributed by atoms with E-state index in [1.807, 2.05) is 0 Å². The molecule has 4 nitrogen and oxygen atoms in total. The van der Waals surface area contributed by atoms with E-state index in [2.05, 4.69) is 4.99 Å². The summed E-state index contributed by atoms with van der Waals surface area (Å²) in [4.78, 5) is 25.1. The van der Waals surface area contributed by atoms with Gasteiger partial charge in [0.1, 0.15) is 6.29 Å². The van der Waals surface area contributed by atoms with Gasteiger partial charge < -0.3 is 4.74 Å². The van der Waals surface area contributed by atoms with E-state index in [-0.39, 0.29) is 0 Å². The summed E-state index contributed by atoms with van der Waals surface area (Å²) >= 11 is 0. The SMILES string of the molecule is O=COC1=NCCc2c(C=O)cccc21. The van der Waals surface area contributed by atoms with Gasteiger partial charge in [-0.1, -0.05) is 12.1 Å². The topological polar surface area (TPSA) is 55.7 Å². The third-order valence-electron chi connectivity index (χ3n) is 2.35. The maximum absolute atomic E-state index is 10.8. The molecule has 0 fully saturated rings. The lowest BCUT2D eigenvalue weighted by atomic mass is 9.97. The van der Waals surface area contributed by atoms with Crippen LogP contribution in [0.3, 0.4) is 0 Å². The lowest BCUT2D eigenvalue weighted by Crippen LogP contribution is -2.17. The zero-order valence-electron chi connectivity index (χ0n) is 7.97. The molecule has 1 aliphatic rings. The molecule has 0 saturated carbocycles. The molecule has 0 bridgehead atoms. The van der Waals surface area contributed by atoms with Crippen molar-refractivity contribution in [2.75, 3.05) is 6.54 Å². The van der Waals surface area contributed by atoms with Crippen LogP contribution in [0.25, 0.3) is 0 Å². The number of benzene rings is 1. The first-order chi connectivity index (χ1) is 7.36. The van der Waals surface area contributed by atoms with Crippen molar-refractivity contribution >= 4 is 18.7 Å². The normalized spacial score (nSPS) is 13.7. The van der Waals surface area contributed by atoms with Crippen LogP contribution < -0.4 is 0 Å². The summed E-state index contributed by atoms with van der Waals surface area (Å²) in [6.07, 6.45) is 1.51. The molecule has 0 aliphatic carbocycles. The van der Waals surface area contributed by atoms with E-state index in [9.17, 15) is 9.59 Å². The summed E-state index contributed by atoms with van der Waals surface area (Å²) in [5.74, 6) is 0.301. The highest BCUT2D eigenvalue weighted by atomic mass is 16.5. The summed E-state index contributed by atoms with van der Waals surface area (Å²) < 4.78 is 4.76. The van der Waals surface area contributed by atoms with Gasteiger partial charge in [0.25, 0.3) is 6.47 Å². The van der Waals surface area contributed by atoms with Crippen molar-refractivity contribution in [3.63, 3.8) is 0 Å². The van der Waals surface area contributed by atoms with Gasteiger partial charge in [0.15, 0.2) is 0 Å². The Morgan fingerprint density at radius 3 is 2.93 bits per heavy atom. The summed E-state index contributed by atoms with van der Waals surface area (Å²) in [6.45, 7) is 0.891. The van der Waals surface area contributed by atoms with Crippen LogP contribution in [0, 0.1) is 0 Å². The number of carbonyl (C=O) groups excluding carboxylic acids is 2. The van der Waals surface area contributed by atoms with Crippen LogP contribution in [0.1, 0.15) is 21.5 Å². The van der Waals surface area contributed by atoms with Gasteiger partial charge in [-0.3, -0.25) is 14.6 Å². The highest BCUT2D eigenvalue weighted by Crippen LogP contribution is 2.19. The summed E-state index contributed by atoms with van der Waals surface area (Å²) in [5, 5.41) is 0. The first-order valence-electron chi connectivity index (χ1n) is 4.59. The van der Waals surface area contributed by atoms with E-state index in [0.717, 1.165) is 17.4 Å². The molecule has 0 N–H and O–H groups in total. The second-order valence-corrected chi connectivity index (χ2v) is 3.14. The zero-order chi connectivity index (χ0) is 10.7. The second kappa shape index (κ2) is 4.04. The molecule has 0 radical (unpaired) electrons. The average Bonchev–Trinajstić information content (AvgIpc) is 2.29. The molecule has 0 saturated heterocycles. The minimum atomic E-state index is 0.301. The molecule has 4 heteroatoms. The Balaban J connectivity index is 2.51. The van der Waals surface area contributed by atoms with Gasteiger partial charge in [-0.25, -0.2) is 0 Å². The van der Waals surface area contributed by atoms with E-state index in [1.54, 1.807) is 18.2 Å². The molecule has 0 amide bonds. The van der Waals surface area contributed by atoms with Gasteiger partial charge in [0, 0.05) is 17.7 Å². The van der Waals surface area contributed by atoms with Crippen molar-refractivity contribution in [3.8, 4) is 0 Å². The number of hydrogen-bond donors (Lipinski definition) is 0. The van der Waals surface area contributed by atoms with Gasteiger partial charge in [0.05, 0.1) is 0 Å². The average molecular weight is 203 g/mol. The van der Waals surface area contributed by atoms with Gasteiger partial charge >= 0.3 is 0 Å². The van der Waals surface area contributed by atoms with E-state index < -0.39 is 0 Å². The number of aliphatic imine (C=N–C) groups is 1. The largest absolute Gasteiger partial charge is 0.409 e. The Hall–Kier alpha value is -1.97. The molecule has 76 valence electrons. The van der Waals surface area contributed by atoms with Crippen LogP contribution in [0.4, 0.5) is 0 Å². The Morgan fingerprint density at radius 2 is 2.20 bits per heavy atom. The number of aldehydes is 1. The van der Waals surface area contributed by atoms with E-state index >= 15 is 0 Å². The Kier molecular flexibility index (Phi) is 2.58. The van der Waals surface area contributed by atoms with Crippen molar-refractivity contribution in [2.45, 2.75) is 6.42 Å². The first kappa shape index (κ1) is 9.58. The standard InChI is InChI=1S/C11H9NO3/c13-6-8-2-1-3-10-9(8)4-5-12-11(10)15-7-14/h1-3,6-7H,4-5H2. The molecule has 2 rings (SSSR count). The fourth-order valence-electron chi connectivity index (χ4n) is 1.70. The zero-order valence-corrected chi connectivity index (χ0v) is 7.97. The number of rotatable bonds is 2. The van der Waals surface area contributed by atoms with Crippen LogP contribution in [-0.4, -0.2) is 25.2 Å². The summed E-state index contributed by atoms with van der Waals surface area (Å²) in [6, 6.07) is 5.29. The summed E-state index contributed by atoms with van der Waals surface area (Å²) in [7, 11) is 0. The minimum Gasteiger partial charge on any atom is -0.409 e. The van der Waals surface area contributed by atoms with Crippen molar-refractivity contribution < 1.29 is 14.3 Å². The van der Waals surface area contributed by atoms with Gasteiger partial charge in [-0.2, -0.15) is 0 Å². The quantitative estimate of drug-likeness (QED) is 0.673. The second-order valence-electron chi connectivity index (χ2n) is 3.14. The molecule has 1 aromatic carbocycles. The minimum absolute atomic E-state index is 0.301. The van der Waals surface area contributed by atoms with Crippen LogP contribution in [0.15, 0.2) is 23.2 Å². The highest BCUT2D eigenvalue weighted by Gasteiger charge is 2.17. The Bertz CT molecular complexity index is 437. The fourth-order valence-corrected chi connectivity index (χ4v) is 1.70. The Morgan fingerprint density at radius 1 is 1.33 bits per heavy atom. The molecular weight excluding hydrogens is 194 g/mol. The van der Waals surface area contributed by atoms with Gasteiger partial charge in [-0.15, -0.1) is 0 Å². The van der Waals surface area contributed by atoms with E-state index in [0.29, 0.717) is 30.9 Å². The third-order valence-corrected chi connectivity index (χ3v) is 2.35. The molecule has 1 heterocycles. The van der Waals surface area contributed by atoms with Crippen LogP contribution >= 0.6 is 0 Å². The van der Waals surface area contributed by atoms with Crippen LogP contribution in [-0.2, 0) is 16.0 Å². The molecule has 0 unspecified atom stereocenters. The number of hydrogen-bond acceptors (Lipinski definition) is 4. The molecule has 15 heavy (non-hydrogen) atoms. The van der Waals surface area contributed by atoms with Crippen molar-refractivity contribution in [2.24, 2.45) is 4.99 Å². The van der Waals surface area contributed by atoms with E-state index in [1.165, 1.54) is 0 Å². The van der Waals surface area contributed by atoms with E-state index in [4.69, 9.17) is 4.74 Å². The number of nitrogens with zero attached hydrogens (tertiary/aromatic N) is 1. The molecular formula is C11H9NO3.